The second-order valence-corrected chi connectivity index (χ2v) is 7.67. The topological polar surface area (TPSA) is 101 Å². The van der Waals surface area contributed by atoms with Crippen LogP contribution in [0.1, 0.15) is 59.5 Å². The number of carbonyl (C=O) groups is 2. The van der Waals surface area contributed by atoms with Crippen molar-refractivity contribution in [3.63, 3.8) is 0 Å². The highest BCUT2D eigenvalue weighted by Gasteiger charge is 2.32. The number of likely N-dealkylation sites (tertiary alicyclic amines) is 1. The first-order valence-corrected chi connectivity index (χ1v) is 9.96. The van der Waals surface area contributed by atoms with Gasteiger partial charge in [0.2, 0.25) is 5.91 Å². The number of aromatic nitrogens is 1. The number of hydrogen-bond acceptors (Lipinski definition) is 5. The molecule has 4 rings (SSSR count). The van der Waals surface area contributed by atoms with E-state index < -0.39 is 0 Å². The first kappa shape index (κ1) is 18.7. The fourth-order valence-electron chi connectivity index (χ4n) is 3.92. The first-order chi connectivity index (χ1) is 13.7. The van der Waals surface area contributed by atoms with Gasteiger partial charge in [-0.15, -0.1) is 0 Å². The number of benzene rings is 1. The van der Waals surface area contributed by atoms with Crippen molar-refractivity contribution in [1.82, 2.24) is 15.4 Å². The summed E-state index contributed by atoms with van der Waals surface area (Å²) in [7, 11) is 0. The summed E-state index contributed by atoms with van der Waals surface area (Å²) in [5.41, 5.74) is 6.87. The molecule has 148 valence electrons. The lowest BCUT2D eigenvalue weighted by molar-refractivity contribution is -0.131. The van der Waals surface area contributed by atoms with Gasteiger partial charge in [-0.1, -0.05) is 35.5 Å². The minimum atomic E-state index is -0.218. The quantitative estimate of drug-likeness (QED) is 0.798. The largest absolute Gasteiger partial charge is 0.360 e. The Balaban J connectivity index is 1.48. The molecule has 0 spiro atoms. The minimum Gasteiger partial charge on any atom is -0.360 e. The lowest BCUT2D eigenvalue weighted by Crippen LogP contribution is -2.44. The molecule has 2 aromatic rings. The van der Waals surface area contributed by atoms with Crippen molar-refractivity contribution in [1.29, 1.82) is 0 Å². The maximum Gasteiger partial charge on any atom is 0.273 e. The number of nitrogens with two attached hydrogens (primary N) is 1. The second-order valence-electron chi connectivity index (χ2n) is 7.67. The van der Waals surface area contributed by atoms with E-state index in [1.807, 2.05) is 30.3 Å². The third kappa shape index (κ3) is 4.09. The maximum absolute atomic E-state index is 12.8. The van der Waals surface area contributed by atoms with Crippen molar-refractivity contribution in [3.8, 4) is 0 Å². The third-order valence-electron chi connectivity index (χ3n) is 5.72. The van der Waals surface area contributed by atoms with Crippen LogP contribution in [0, 0.1) is 5.92 Å². The van der Waals surface area contributed by atoms with Gasteiger partial charge < -0.3 is 20.5 Å². The van der Waals surface area contributed by atoms with Crippen molar-refractivity contribution in [2.24, 2.45) is 11.7 Å². The van der Waals surface area contributed by atoms with Crippen LogP contribution in [0.15, 0.2) is 40.9 Å². The Morgan fingerprint density at radius 1 is 1.18 bits per heavy atom. The van der Waals surface area contributed by atoms with Crippen molar-refractivity contribution < 1.29 is 14.1 Å². The summed E-state index contributed by atoms with van der Waals surface area (Å²) in [5, 5.41) is 7.12. The van der Waals surface area contributed by atoms with Crippen LogP contribution in [-0.2, 0) is 4.79 Å². The molecule has 2 heterocycles. The molecule has 0 radical (unpaired) electrons. The van der Waals surface area contributed by atoms with E-state index in [4.69, 9.17) is 10.3 Å². The third-order valence-corrected chi connectivity index (χ3v) is 5.72. The van der Waals surface area contributed by atoms with E-state index in [0.29, 0.717) is 24.7 Å². The molecule has 1 aliphatic heterocycles. The molecule has 7 heteroatoms. The Bertz CT molecular complexity index is 823. The lowest BCUT2D eigenvalue weighted by Gasteiger charge is -2.36. The molecule has 2 aliphatic rings. The van der Waals surface area contributed by atoms with Gasteiger partial charge in [0.25, 0.3) is 5.91 Å². The van der Waals surface area contributed by atoms with Crippen LogP contribution in [0.4, 0.5) is 0 Å². The molecule has 1 atom stereocenters. The summed E-state index contributed by atoms with van der Waals surface area (Å²) < 4.78 is 5.33. The normalized spacial score (nSPS) is 18.7. The molecule has 1 aromatic carbocycles. The van der Waals surface area contributed by atoms with Gasteiger partial charge in [-0.05, 0) is 37.2 Å². The molecule has 0 bridgehead atoms. The molecule has 1 aliphatic carbocycles. The number of rotatable bonds is 6. The van der Waals surface area contributed by atoms with Gasteiger partial charge in [0.15, 0.2) is 5.69 Å². The number of carbonyl (C=O) groups excluding carboxylic acids is 2. The fraction of sp³-hybridized carbons (Fsp3) is 0.476. The molecule has 2 amide bonds. The summed E-state index contributed by atoms with van der Waals surface area (Å²) in [6.07, 6.45) is 3.83. The Hall–Kier alpha value is -2.67. The van der Waals surface area contributed by atoms with Crippen molar-refractivity contribution >= 4 is 11.8 Å². The summed E-state index contributed by atoms with van der Waals surface area (Å²) in [6, 6.07) is 11.6. The molecule has 1 saturated heterocycles. The van der Waals surface area contributed by atoms with E-state index in [1.165, 1.54) is 0 Å². The highest BCUT2D eigenvalue weighted by Crippen LogP contribution is 2.40. The SMILES string of the molecule is NCC(=O)N1CCC(C(NC(=O)c2cc(C3CC3)on2)c2ccccc2)CC1. The van der Waals surface area contributed by atoms with Crippen LogP contribution in [0.5, 0.6) is 0 Å². The number of nitrogens with one attached hydrogen (secondary N) is 1. The van der Waals surface area contributed by atoms with Crippen LogP contribution in [0.25, 0.3) is 0 Å². The Morgan fingerprint density at radius 3 is 2.54 bits per heavy atom. The molecule has 7 nitrogen and oxygen atoms in total. The van der Waals surface area contributed by atoms with Crippen LogP contribution < -0.4 is 11.1 Å². The molecule has 1 aromatic heterocycles. The van der Waals surface area contributed by atoms with Crippen LogP contribution in [0.3, 0.4) is 0 Å². The molecule has 3 N–H and O–H groups in total. The summed E-state index contributed by atoms with van der Waals surface area (Å²) >= 11 is 0. The zero-order chi connectivity index (χ0) is 19.5. The van der Waals surface area contributed by atoms with E-state index in [0.717, 1.165) is 37.0 Å². The molecule has 28 heavy (non-hydrogen) atoms. The van der Waals surface area contributed by atoms with Gasteiger partial charge in [0, 0.05) is 25.1 Å². The van der Waals surface area contributed by atoms with Crippen molar-refractivity contribution in [2.45, 2.75) is 37.6 Å². The predicted octanol–water partition coefficient (Wildman–Crippen LogP) is 2.22. The van der Waals surface area contributed by atoms with Gasteiger partial charge in [-0.25, -0.2) is 0 Å². The first-order valence-electron chi connectivity index (χ1n) is 9.96. The molecule has 1 saturated carbocycles. The number of hydrogen-bond donors (Lipinski definition) is 2. The average molecular weight is 382 g/mol. The predicted molar refractivity (Wildman–Crippen MR) is 103 cm³/mol. The van der Waals surface area contributed by atoms with E-state index in [2.05, 4.69) is 10.5 Å². The maximum atomic E-state index is 12.8. The standard InChI is InChI=1S/C21H26N4O3/c22-13-19(26)25-10-8-16(9-11-25)20(15-4-2-1-3-5-15)23-21(27)17-12-18(28-24-17)14-6-7-14/h1-5,12,14,16,20H,6-11,13,22H2,(H,23,27). The van der Waals surface area contributed by atoms with Crippen molar-refractivity contribution in [3.05, 3.63) is 53.4 Å². The van der Waals surface area contributed by atoms with Crippen LogP contribution in [0.2, 0.25) is 0 Å². The second kappa shape index (κ2) is 8.14. The van der Waals surface area contributed by atoms with Gasteiger partial charge in [0.05, 0.1) is 12.6 Å². The highest BCUT2D eigenvalue weighted by molar-refractivity contribution is 5.92. The van der Waals surface area contributed by atoms with Gasteiger partial charge >= 0.3 is 0 Å². The zero-order valence-corrected chi connectivity index (χ0v) is 15.8. The molecular weight excluding hydrogens is 356 g/mol. The van der Waals surface area contributed by atoms with Gasteiger partial charge in [0.1, 0.15) is 5.76 Å². The van der Waals surface area contributed by atoms with E-state index in [1.54, 1.807) is 11.0 Å². The number of amides is 2. The Kier molecular flexibility index (Phi) is 5.43. The summed E-state index contributed by atoms with van der Waals surface area (Å²) in [5.74, 6) is 1.22. The number of piperidine rings is 1. The summed E-state index contributed by atoms with van der Waals surface area (Å²) in [4.78, 5) is 26.5. The average Bonchev–Trinajstić information content (AvgIpc) is 3.48. The fourth-order valence-corrected chi connectivity index (χ4v) is 3.92. The summed E-state index contributed by atoms with van der Waals surface area (Å²) in [6.45, 7) is 1.37. The highest BCUT2D eigenvalue weighted by atomic mass is 16.5. The molecule has 1 unspecified atom stereocenters. The van der Waals surface area contributed by atoms with Gasteiger partial charge in [-0.2, -0.15) is 0 Å². The smallest absolute Gasteiger partial charge is 0.273 e. The van der Waals surface area contributed by atoms with Crippen LogP contribution in [-0.4, -0.2) is 41.5 Å². The molecular formula is C21H26N4O3. The molecule has 2 fully saturated rings. The Morgan fingerprint density at radius 2 is 1.89 bits per heavy atom. The van der Waals surface area contributed by atoms with E-state index in [9.17, 15) is 9.59 Å². The van der Waals surface area contributed by atoms with Crippen molar-refractivity contribution in [2.75, 3.05) is 19.6 Å². The number of nitrogens with zero attached hydrogens (tertiary/aromatic N) is 2. The van der Waals surface area contributed by atoms with Gasteiger partial charge in [-0.3, -0.25) is 9.59 Å². The van der Waals surface area contributed by atoms with E-state index in [-0.39, 0.29) is 30.3 Å². The van der Waals surface area contributed by atoms with E-state index >= 15 is 0 Å². The zero-order valence-electron chi connectivity index (χ0n) is 15.8. The minimum absolute atomic E-state index is 0.0195. The lowest BCUT2D eigenvalue weighted by atomic mass is 9.85. The Labute approximate surface area is 164 Å². The van der Waals surface area contributed by atoms with Crippen LogP contribution >= 0.6 is 0 Å². The monoisotopic (exact) mass is 382 g/mol.